The number of aryl methyl sites for hydroxylation is 3. The van der Waals surface area contributed by atoms with Crippen LogP contribution in [0.3, 0.4) is 0 Å². The van der Waals surface area contributed by atoms with E-state index in [0.29, 0.717) is 22.2 Å². The van der Waals surface area contributed by atoms with Gasteiger partial charge in [-0.1, -0.05) is 53.7 Å². The van der Waals surface area contributed by atoms with E-state index in [0.717, 1.165) is 27.9 Å². The van der Waals surface area contributed by atoms with E-state index in [9.17, 15) is 22.8 Å². The fraction of sp³-hybridized carbons (Fsp3) is 0.207. The molecule has 2 heterocycles. The highest BCUT2D eigenvalue weighted by molar-refractivity contribution is 8.15. The van der Waals surface area contributed by atoms with Gasteiger partial charge >= 0.3 is 12.4 Å². The minimum absolute atomic E-state index is 0.124. The summed E-state index contributed by atoms with van der Waals surface area (Å²) < 4.78 is 42.5. The number of ether oxygens (including phenoxy) is 1. The number of aromatic nitrogens is 3. The Labute approximate surface area is 243 Å². The summed E-state index contributed by atoms with van der Waals surface area (Å²) in [5.41, 5.74) is 5.74. The van der Waals surface area contributed by atoms with Crippen molar-refractivity contribution < 1.29 is 27.5 Å². The number of benzene rings is 3. The maximum Gasteiger partial charge on any atom is 0.573 e. The van der Waals surface area contributed by atoms with Crippen LogP contribution in [0.2, 0.25) is 0 Å². The van der Waals surface area contributed by atoms with Gasteiger partial charge in [-0.15, -0.1) is 18.3 Å². The lowest BCUT2D eigenvalue weighted by Crippen LogP contribution is -2.32. The molecule has 3 amide bonds. The van der Waals surface area contributed by atoms with Crippen molar-refractivity contribution in [1.82, 2.24) is 20.1 Å². The number of hydrogen-bond donors (Lipinski definition) is 1. The summed E-state index contributed by atoms with van der Waals surface area (Å²) in [5.74, 6) is 0.171. The maximum absolute atomic E-state index is 12.7. The first-order chi connectivity index (χ1) is 20.0. The first kappa shape index (κ1) is 28.9. The number of carbonyl (C=O) groups excluding carboxylic acids is 2. The van der Waals surface area contributed by atoms with Crippen molar-refractivity contribution in [3.63, 3.8) is 0 Å². The first-order valence-corrected chi connectivity index (χ1v) is 13.7. The third-order valence-electron chi connectivity index (χ3n) is 6.30. The van der Waals surface area contributed by atoms with Gasteiger partial charge < -0.3 is 10.1 Å². The van der Waals surface area contributed by atoms with E-state index in [1.54, 1.807) is 12.1 Å². The average molecular weight is 595 g/mol. The molecule has 13 heteroatoms. The summed E-state index contributed by atoms with van der Waals surface area (Å²) in [6.07, 6.45) is -3.31. The summed E-state index contributed by atoms with van der Waals surface area (Å²) in [6, 6.07) is 15.9. The summed E-state index contributed by atoms with van der Waals surface area (Å²) in [6.45, 7) is 6.07. The van der Waals surface area contributed by atoms with Crippen LogP contribution < -0.4 is 15.0 Å². The van der Waals surface area contributed by atoms with Crippen LogP contribution in [0.1, 0.15) is 22.3 Å². The smallest absolute Gasteiger partial charge is 0.406 e. The molecule has 1 aliphatic rings. The van der Waals surface area contributed by atoms with Gasteiger partial charge in [0.05, 0.1) is 17.1 Å². The zero-order chi connectivity index (χ0) is 30.0. The van der Waals surface area contributed by atoms with E-state index in [-0.39, 0.29) is 24.0 Å². The van der Waals surface area contributed by atoms with Gasteiger partial charge in [0.15, 0.2) is 11.0 Å². The number of nitrogens with one attached hydrogen (secondary N) is 1. The van der Waals surface area contributed by atoms with Crippen molar-refractivity contribution in [3.8, 4) is 22.8 Å². The zero-order valence-electron chi connectivity index (χ0n) is 22.8. The molecule has 0 unspecified atom stereocenters. The number of hydrogen-bond acceptors (Lipinski definition) is 6. The van der Waals surface area contributed by atoms with Gasteiger partial charge in [0.1, 0.15) is 12.1 Å². The van der Waals surface area contributed by atoms with Crippen LogP contribution in [0.4, 0.5) is 23.7 Å². The van der Waals surface area contributed by atoms with Crippen LogP contribution in [-0.4, -0.2) is 44.0 Å². The lowest BCUT2D eigenvalue weighted by Gasteiger charge is -2.21. The number of urea groups is 1. The van der Waals surface area contributed by atoms with Gasteiger partial charge in [0.2, 0.25) is 5.91 Å². The zero-order valence-corrected chi connectivity index (χ0v) is 23.6. The van der Waals surface area contributed by atoms with Gasteiger partial charge in [-0.25, -0.2) is 14.5 Å². The SMILES string of the molecule is Cc1cc(C)c(N2C(=O)CS/C2=N\C(=O)NCc2ccc(-c3ncn(-c4ccc(OC(F)(F)F)cc4)n3)cc2)c(C)c1. The number of anilines is 1. The average Bonchev–Trinajstić information content (AvgIpc) is 3.55. The minimum atomic E-state index is -4.76. The number of rotatable bonds is 6. The molecule has 9 nitrogen and oxygen atoms in total. The van der Waals surface area contributed by atoms with E-state index in [4.69, 9.17) is 0 Å². The Balaban J connectivity index is 1.21. The fourth-order valence-corrected chi connectivity index (χ4v) is 5.44. The van der Waals surface area contributed by atoms with Crippen molar-refractivity contribution in [2.75, 3.05) is 10.7 Å². The summed E-state index contributed by atoms with van der Waals surface area (Å²) >= 11 is 1.23. The predicted octanol–water partition coefficient (Wildman–Crippen LogP) is 6.10. The lowest BCUT2D eigenvalue weighted by molar-refractivity contribution is -0.274. The quantitative estimate of drug-likeness (QED) is 0.289. The molecule has 1 N–H and O–H groups in total. The second-order valence-corrected chi connectivity index (χ2v) is 10.5. The van der Waals surface area contributed by atoms with Gasteiger partial charge in [-0.3, -0.25) is 9.69 Å². The van der Waals surface area contributed by atoms with E-state index in [1.807, 2.05) is 45.0 Å². The van der Waals surface area contributed by atoms with E-state index in [1.165, 1.54) is 51.9 Å². The molecule has 4 aromatic rings. The number of halogens is 3. The highest BCUT2D eigenvalue weighted by atomic mass is 32.2. The molecule has 0 aliphatic carbocycles. The molecule has 216 valence electrons. The van der Waals surface area contributed by atoms with Gasteiger partial charge in [-0.05, 0) is 61.7 Å². The van der Waals surface area contributed by atoms with Crippen LogP contribution in [0, 0.1) is 20.8 Å². The molecule has 0 spiro atoms. The summed E-state index contributed by atoms with van der Waals surface area (Å²) in [7, 11) is 0. The Morgan fingerprint density at radius 3 is 2.36 bits per heavy atom. The van der Waals surface area contributed by atoms with Crippen LogP contribution >= 0.6 is 11.8 Å². The van der Waals surface area contributed by atoms with Crippen LogP contribution in [0.15, 0.2) is 72.0 Å². The lowest BCUT2D eigenvalue weighted by atomic mass is 10.0. The maximum atomic E-state index is 12.7. The highest BCUT2D eigenvalue weighted by Gasteiger charge is 2.33. The molecule has 0 atom stereocenters. The van der Waals surface area contributed by atoms with Gasteiger partial charge in [0.25, 0.3) is 0 Å². The molecular weight excluding hydrogens is 569 g/mol. The number of aliphatic imine (C=N–C) groups is 1. The van der Waals surface area contributed by atoms with Crippen molar-refractivity contribution in [1.29, 1.82) is 0 Å². The highest BCUT2D eigenvalue weighted by Crippen LogP contribution is 2.33. The number of thioether (sulfide) groups is 1. The molecule has 0 saturated carbocycles. The number of amidine groups is 1. The number of amides is 3. The third-order valence-corrected chi connectivity index (χ3v) is 7.23. The van der Waals surface area contributed by atoms with Crippen molar-refractivity contribution in [2.45, 2.75) is 33.7 Å². The largest absolute Gasteiger partial charge is 0.573 e. The van der Waals surface area contributed by atoms with E-state index in [2.05, 4.69) is 25.1 Å². The Hall–Kier alpha value is -4.65. The van der Waals surface area contributed by atoms with E-state index >= 15 is 0 Å². The molecule has 1 aliphatic heterocycles. The number of nitrogens with zero attached hydrogens (tertiary/aromatic N) is 5. The van der Waals surface area contributed by atoms with Crippen molar-refractivity contribution >= 4 is 34.6 Å². The first-order valence-electron chi connectivity index (χ1n) is 12.7. The topological polar surface area (TPSA) is 102 Å². The summed E-state index contributed by atoms with van der Waals surface area (Å²) in [4.78, 5) is 35.3. The standard InChI is InChI=1S/C29H25F3N6O3S/c1-17-12-18(2)25(19(3)13-17)38-24(39)15-42-28(38)35-27(40)33-14-20-4-6-21(7-5-20)26-34-16-37(36-26)22-8-10-23(11-9-22)41-29(30,31)32/h4-13,16H,14-15H2,1-3H3,(H,33,40)/b35-28-. The summed E-state index contributed by atoms with van der Waals surface area (Å²) in [5, 5.41) is 7.49. The molecular formula is C29H25F3N6O3S. The Kier molecular flexibility index (Phi) is 8.03. The second-order valence-electron chi connectivity index (χ2n) is 9.57. The number of carbonyl (C=O) groups is 2. The van der Waals surface area contributed by atoms with Crippen molar-refractivity contribution in [3.05, 3.63) is 89.2 Å². The molecule has 42 heavy (non-hydrogen) atoms. The van der Waals surface area contributed by atoms with E-state index < -0.39 is 12.4 Å². The number of alkyl halides is 3. The van der Waals surface area contributed by atoms with Gasteiger partial charge in [0, 0.05) is 12.1 Å². The third kappa shape index (κ3) is 6.62. The molecule has 3 aromatic carbocycles. The second kappa shape index (κ2) is 11.7. The monoisotopic (exact) mass is 594 g/mol. The van der Waals surface area contributed by atoms with Crippen LogP contribution in [0.5, 0.6) is 5.75 Å². The molecule has 0 radical (unpaired) electrons. The Morgan fingerprint density at radius 1 is 1.05 bits per heavy atom. The molecule has 5 rings (SSSR count). The van der Waals surface area contributed by atoms with Crippen LogP contribution in [-0.2, 0) is 11.3 Å². The molecule has 0 bridgehead atoms. The van der Waals surface area contributed by atoms with Crippen molar-refractivity contribution in [2.24, 2.45) is 4.99 Å². The van der Waals surface area contributed by atoms with Crippen LogP contribution in [0.25, 0.3) is 17.1 Å². The molecule has 1 fully saturated rings. The van der Waals surface area contributed by atoms with Gasteiger partial charge in [-0.2, -0.15) is 4.99 Å². The fourth-order valence-electron chi connectivity index (χ4n) is 4.59. The minimum Gasteiger partial charge on any atom is -0.406 e. The normalized spacial score (nSPS) is 14.5. The Bertz CT molecular complexity index is 1640. The molecule has 1 saturated heterocycles. The Morgan fingerprint density at radius 2 is 1.71 bits per heavy atom. The predicted molar refractivity (Wildman–Crippen MR) is 154 cm³/mol. The molecule has 1 aromatic heterocycles.